The molecule has 0 N–H and O–H groups in total. The maximum absolute atomic E-state index is 5.61. The van der Waals surface area contributed by atoms with Gasteiger partial charge >= 0.3 is 0 Å². The van der Waals surface area contributed by atoms with Gasteiger partial charge in [-0.15, -0.1) is 23.5 Å². The van der Waals surface area contributed by atoms with Crippen LogP contribution >= 0.6 is 23.5 Å². The molecule has 0 aromatic heterocycles. The van der Waals surface area contributed by atoms with Crippen molar-refractivity contribution in [2.75, 3.05) is 39.9 Å². The third kappa shape index (κ3) is 5.88. The Bertz CT molecular complexity index is 1150. The minimum Gasteiger partial charge on any atom is -0.497 e. The highest BCUT2D eigenvalue weighted by molar-refractivity contribution is 8.18. The van der Waals surface area contributed by atoms with E-state index in [0.717, 1.165) is 51.2 Å². The van der Waals surface area contributed by atoms with E-state index in [0.29, 0.717) is 0 Å². The lowest BCUT2D eigenvalue weighted by atomic mass is 9.97. The van der Waals surface area contributed by atoms with Crippen molar-refractivity contribution in [1.29, 1.82) is 0 Å². The van der Waals surface area contributed by atoms with E-state index in [-0.39, 0.29) is 4.08 Å². The highest BCUT2D eigenvalue weighted by atomic mass is 32.2. The van der Waals surface area contributed by atoms with Crippen LogP contribution in [0.1, 0.15) is 23.1 Å². The fraction of sp³-hybridized carbons (Fsp3) is 0.267. The first-order valence-electron chi connectivity index (χ1n) is 11.8. The molecule has 1 saturated heterocycles. The molecule has 3 aromatic rings. The quantitative estimate of drug-likeness (QED) is 0.273. The zero-order valence-corrected chi connectivity index (χ0v) is 22.8. The van der Waals surface area contributed by atoms with Crippen molar-refractivity contribution in [1.82, 2.24) is 0 Å². The summed E-state index contributed by atoms with van der Waals surface area (Å²) >= 11 is 3.93. The minimum absolute atomic E-state index is 0.195. The molecule has 0 aliphatic carbocycles. The summed E-state index contributed by atoms with van der Waals surface area (Å²) in [6, 6.07) is 22.6. The summed E-state index contributed by atoms with van der Waals surface area (Å²) in [7, 11) is 6.72. The molecule has 0 radical (unpaired) electrons. The average Bonchev–Trinajstić information content (AvgIpc) is 2.95. The van der Waals surface area contributed by atoms with E-state index in [2.05, 4.69) is 54.6 Å². The molecule has 1 aliphatic heterocycles. The van der Waals surface area contributed by atoms with Gasteiger partial charge in [0.2, 0.25) is 0 Å². The molecule has 0 atom stereocenters. The van der Waals surface area contributed by atoms with E-state index < -0.39 is 0 Å². The third-order valence-corrected chi connectivity index (χ3v) is 9.38. The van der Waals surface area contributed by atoms with Gasteiger partial charge < -0.3 is 18.9 Å². The standard InChI is InChI=1S/C30H32O4S2/c1-31-25-13-8-22(9-14-25)27(23-10-15-26(32-2)16-11-23)7-5-18-30(35-19-6-20-36-30)24-12-17-28(33-3)29(21-24)34-4/h5,7-18,21H,6,19-20H2,1-4H3/b18-5+. The first-order chi connectivity index (χ1) is 17.6. The minimum atomic E-state index is -0.195. The van der Waals surface area contributed by atoms with Crippen LogP contribution < -0.4 is 18.9 Å². The summed E-state index contributed by atoms with van der Waals surface area (Å²) in [4.78, 5) is 0. The van der Waals surface area contributed by atoms with Crippen LogP contribution in [0.25, 0.3) is 5.57 Å². The Morgan fingerprint density at radius 2 is 1.25 bits per heavy atom. The van der Waals surface area contributed by atoms with Gasteiger partial charge in [-0.05, 0) is 76.6 Å². The number of rotatable bonds is 9. The van der Waals surface area contributed by atoms with E-state index in [4.69, 9.17) is 18.9 Å². The molecule has 1 heterocycles. The molecular formula is C30H32O4S2. The van der Waals surface area contributed by atoms with E-state index in [1.807, 2.05) is 53.9 Å². The predicted molar refractivity (Wildman–Crippen MR) is 153 cm³/mol. The molecule has 36 heavy (non-hydrogen) atoms. The molecule has 1 aliphatic rings. The second-order valence-corrected chi connectivity index (χ2v) is 11.1. The van der Waals surface area contributed by atoms with Crippen molar-refractivity contribution >= 4 is 29.1 Å². The molecule has 0 spiro atoms. The molecule has 0 unspecified atom stereocenters. The van der Waals surface area contributed by atoms with Crippen LogP contribution in [0.3, 0.4) is 0 Å². The number of hydrogen-bond donors (Lipinski definition) is 0. The maximum atomic E-state index is 5.61. The van der Waals surface area contributed by atoms with E-state index in [9.17, 15) is 0 Å². The van der Waals surface area contributed by atoms with Crippen LogP contribution in [-0.2, 0) is 4.08 Å². The third-order valence-electron chi connectivity index (χ3n) is 6.09. The van der Waals surface area contributed by atoms with Crippen LogP contribution in [0.5, 0.6) is 23.0 Å². The average molecular weight is 521 g/mol. The van der Waals surface area contributed by atoms with Gasteiger partial charge in [0.15, 0.2) is 11.5 Å². The van der Waals surface area contributed by atoms with Gasteiger partial charge in [0, 0.05) is 0 Å². The number of benzene rings is 3. The van der Waals surface area contributed by atoms with Crippen molar-refractivity contribution in [2.24, 2.45) is 0 Å². The van der Waals surface area contributed by atoms with E-state index >= 15 is 0 Å². The SMILES string of the molecule is COc1ccc(C(=C/C=C/C2(c3ccc(OC)c(OC)c3)SCCCS2)c2ccc(OC)cc2)cc1. The number of methoxy groups -OCH3 is 4. The van der Waals surface area contributed by atoms with Crippen molar-refractivity contribution in [3.05, 3.63) is 102 Å². The van der Waals surface area contributed by atoms with Gasteiger partial charge in [-0.1, -0.05) is 48.6 Å². The van der Waals surface area contributed by atoms with Crippen LogP contribution in [0.15, 0.2) is 85.0 Å². The van der Waals surface area contributed by atoms with E-state index in [1.54, 1.807) is 28.4 Å². The maximum Gasteiger partial charge on any atom is 0.161 e. The van der Waals surface area contributed by atoms with Gasteiger partial charge in [-0.2, -0.15) is 0 Å². The number of allylic oxidation sites excluding steroid dienone is 2. The Morgan fingerprint density at radius 3 is 1.75 bits per heavy atom. The molecule has 4 nitrogen and oxygen atoms in total. The van der Waals surface area contributed by atoms with Crippen molar-refractivity contribution in [3.63, 3.8) is 0 Å². The zero-order valence-electron chi connectivity index (χ0n) is 21.2. The summed E-state index contributed by atoms with van der Waals surface area (Å²) in [6.45, 7) is 0. The summed E-state index contributed by atoms with van der Waals surface area (Å²) < 4.78 is 21.6. The monoisotopic (exact) mass is 520 g/mol. The second-order valence-electron chi connectivity index (χ2n) is 8.18. The van der Waals surface area contributed by atoms with Crippen molar-refractivity contribution < 1.29 is 18.9 Å². The van der Waals surface area contributed by atoms with Crippen LogP contribution in [0.2, 0.25) is 0 Å². The van der Waals surface area contributed by atoms with Gasteiger partial charge in [-0.3, -0.25) is 0 Å². The second kappa shape index (κ2) is 12.3. The summed E-state index contributed by atoms with van der Waals surface area (Å²) in [5.41, 5.74) is 4.57. The molecule has 0 amide bonds. The van der Waals surface area contributed by atoms with Crippen LogP contribution in [-0.4, -0.2) is 39.9 Å². The number of thioether (sulfide) groups is 2. The highest BCUT2D eigenvalue weighted by Gasteiger charge is 2.33. The first-order valence-corrected chi connectivity index (χ1v) is 13.8. The Labute approximate surface area is 222 Å². The molecule has 188 valence electrons. The zero-order chi connectivity index (χ0) is 25.4. The first kappa shape index (κ1) is 26.1. The lowest BCUT2D eigenvalue weighted by molar-refractivity contribution is 0.354. The number of hydrogen-bond acceptors (Lipinski definition) is 6. The molecule has 6 heteroatoms. The Hall–Kier alpha value is -2.96. The molecule has 0 saturated carbocycles. The van der Waals surface area contributed by atoms with Gasteiger partial charge in [0.05, 0.1) is 28.4 Å². The summed E-state index contributed by atoms with van der Waals surface area (Å²) in [5, 5.41) is 0. The summed E-state index contributed by atoms with van der Waals surface area (Å²) in [5.74, 6) is 5.39. The molecule has 4 rings (SSSR count). The molecule has 0 bridgehead atoms. The molecular weight excluding hydrogens is 488 g/mol. The predicted octanol–water partition coefficient (Wildman–Crippen LogP) is 7.43. The van der Waals surface area contributed by atoms with Crippen molar-refractivity contribution in [2.45, 2.75) is 10.5 Å². The number of ether oxygens (including phenoxy) is 4. The summed E-state index contributed by atoms with van der Waals surface area (Å²) in [6.07, 6.45) is 7.90. The largest absolute Gasteiger partial charge is 0.497 e. The fourth-order valence-electron chi connectivity index (χ4n) is 4.13. The van der Waals surface area contributed by atoms with Crippen LogP contribution in [0.4, 0.5) is 0 Å². The normalized spacial score (nSPS) is 14.8. The Morgan fingerprint density at radius 1 is 0.694 bits per heavy atom. The van der Waals surface area contributed by atoms with E-state index in [1.165, 1.54) is 12.0 Å². The topological polar surface area (TPSA) is 36.9 Å². The van der Waals surface area contributed by atoms with Gasteiger partial charge in [0.25, 0.3) is 0 Å². The van der Waals surface area contributed by atoms with Crippen LogP contribution in [0, 0.1) is 0 Å². The van der Waals surface area contributed by atoms with Crippen molar-refractivity contribution in [3.8, 4) is 23.0 Å². The van der Waals surface area contributed by atoms with Gasteiger partial charge in [0.1, 0.15) is 15.6 Å². The highest BCUT2D eigenvalue weighted by Crippen LogP contribution is 2.52. The smallest absolute Gasteiger partial charge is 0.161 e. The molecule has 1 fully saturated rings. The molecule has 3 aromatic carbocycles. The Kier molecular flexibility index (Phi) is 8.94. The van der Waals surface area contributed by atoms with Gasteiger partial charge in [-0.25, -0.2) is 0 Å². The lowest BCUT2D eigenvalue weighted by Crippen LogP contribution is -2.20. The fourth-order valence-corrected chi connectivity index (χ4v) is 7.27. The Balaban J connectivity index is 1.74. The lowest BCUT2D eigenvalue weighted by Gasteiger charge is -2.34.